The fraction of sp³-hybridized carbons (Fsp3) is 0.368. The van der Waals surface area contributed by atoms with E-state index < -0.39 is 0 Å². The maximum absolute atomic E-state index is 13.5. The molecule has 0 saturated heterocycles. The van der Waals surface area contributed by atoms with Gasteiger partial charge in [0.2, 0.25) is 0 Å². The van der Waals surface area contributed by atoms with Crippen LogP contribution >= 0.6 is 0 Å². The van der Waals surface area contributed by atoms with E-state index in [2.05, 4.69) is 22.1 Å². The summed E-state index contributed by atoms with van der Waals surface area (Å²) < 4.78 is 13.5. The molecule has 1 heterocycles. The zero-order valence-corrected chi connectivity index (χ0v) is 14.3. The van der Waals surface area contributed by atoms with E-state index in [1.807, 2.05) is 13.1 Å². The number of amides is 1. The van der Waals surface area contributed by atoms with Gasteiger partial charge < -0.3 is 10.2 Å². The van der Waals surface area contributed by atoms with E-state index in [9.17, 15) is 9.18 Å². The number of nitrogens with zero attached hydrogens (tertiary/aromatic N) is 2. The molecule has 128 valence electrons. The number of pyridine rings is 1. The summed E-state index contributed by atoms with van der Waals surface area (Å²) in [4.78, 5) is 18.4. The van der Waals surface area contributed by atoms with E-state index in [-0.39, 0.29) is 11.7 Å². The van der Waals surface area contributed by atoms with E-state index in [0.717, 1.165) is 25.1 Å². The van der Waals surface area contributed by atoms with Crippen LogP contribution < -0.4 is 10.2 Å². The first-order valence-electron chi connectivity index (χ1n) is 8.30. The van der Waals surface area contributed by atoms with Gasteiger partial charge >= 0.3 is 0 Å². The average Bonchev–Trinajstić information content (AvgIpc) is 2.61. The van der Waals surface area contributed by atoms with E-state index in [0.29, 0.717) is 24.2 Å². The maximum Gasteiger partial charge on any atom is 0.269 e. The molecule has 0 spiro atoms. The van der Waals surface area contributed by atoms with Crippen LogP contribution in [0.15, 0.2) is 42.6 Å². The van der Waals surface area contributed by atoms with Crippen LogP contribution in [0.2, 0.25) is 0 Å². The number of aromatic nitrogens is 1. The van der Waals surface area contributed by atoms with Gasteiger partial charge in [0.1, 0.15) is 11.5 Å². The van der Waals surface area contributed by atoms with Crippen LogP contribution in [-0.4, -0.2) is 31.0 Å². The molecule has 0 fully saturated rings. The van der Waals surface area contributed by atoms with Gasteiger partial charge in [0.15, 0.2) is 0 Å². The molecule has 0 aliphatic rings. The molecule has 0 unspecified atom stereocenters. The number of anilines is 1. The highest BCUT2D eigenvalue weighted by Crippen LogP contribution is 2.12. The van der Waals surface area contributed by atoms with Crippen molar-refractivity contribution in [3.05, 3.63) is 59.7 Å². The van der Waals surface area contributed by atoms with Gasteiger partial charge in [-0.2, -0.15) is 0 Å². The van der Waals surface area contributed by atoms with Crippen molar-refractivity contribution in [3.8, 4) is 0 Å². The summed E-state index contributed by atoms with van der Waals surface area (Å²) in [5, 5.41) is 2.78. The number of halogens is 1. The molecule has 5 heteroatoms. The second kappa shape index (κ2) is 9.01. The summed E-state index contributed by atoms with van der Waals surface area (Å²) in [6, 6.07) is 10.2. The highest BCUT2D eigenvalue weighted by Gasteiger charge is 2.08. The van der Waals surface area contributed by atoms with Crippen molar-refractivity contribution in [2.24, 2.45) is 0 Å². The molecule has 0 atom stereocenters. The van der Waals surface area contributed by atoms with Crippen LogP contribution in [0, 0.1) is 5.82 Å². The lowest BCUT2D eigenvalue weighted by Gasteiger charge is -2.18. The monoisotopic (exact) mass is 329 g/mol. The number of hydrogen-bond acceptors (Lipinski definition) is 3. The third-order valence-electron chi connectivity index (χ3n) is 3.91. The number of nitrogens with one attached hydrogen (secondary N) is 1. The lowest BCUT2D eigenvalue weighted by molar-refractivity contribution is 0.0949. The summed E-state index contributed by atoms with van der Waals surface area (Å²) in [6.07, 6.45) is 4.42. The number of carbonyl (C=O) groups is 1. The standard InChI is InChI=1S/C19H24FN3O/c1-3-4-13-23(2)16-9-10-18(22-14-16)19(24)21-12-11-15-7-5-6-8-17(15)20/h5-10,14H,3-4,11-13H2,1-2H3,(H,21,24). The van der Waals surface area contributed by atoms with Crippen molar-refractivity contribution >= 4 is 11.6 Å². The number of carbonyl (C=O) groups excluding carboxylic acids is 1. The van der Waals surface area contributed by atoms with Gasteiger partial charge in [-0.05, 0) is 36.6 Å². The molecule has 0 bridgehead atoms. The third-order valence-corrected chi connectivity index (χ3v) is 3.91. The van der Waals surface area contributed by atoms with Gasteiger partial charge in [0.25, 0.3) is 5.91 Å². The van der Waals surface area contributed by atoms with Crippen LogP contribution in [0.25, 0.3) is 0 Å². The largest absolute Gasteiger partial charge is 0.373 e. The summed E-state index contributed by atoms with van der Waals surface area (Å²) >= 11 is 0. The molecule has 0 aliphatic heterocycles. The Balaban J connectivity index is 1.85. The summed E-state index contributed by atoms with van der Waals surface area (Å²) in [5.74, 6) is -0.488. The predicted molar refractivity (Wildman–Crippen MR) is 94.9 cm³/mol. The quantitative estimate of drug-likeness (QED) is 0.807. The van der Waals surface area contributed by atoms with Crippen LogP contribution in [0.1, 0.15) is 35.8 Å². The Morgan fingerprint density at radius 2 is 2.04 bits per heavy atom. The molecule has 1 N–H and O–H groups in total. The first-order valence-corrected chi connectivity index (χ1v) is 8.30. The van der Waals surface area contributed by atoms with Gasteiger partial charge in [-0.1, -0.05) is 31.5 Å². The van der Waals surface area contributed by atoms with Crippen LogP contribution in [0.3, 0.4) is 0 Å². The smallest absolute Gasteiger partial charge is 0.269 e. The zero-order chi connectivity index (χ0) is 17.4. The molecule has 1 aromatic heterocycles. The zero-order valence-electron chi connectivity index (χ0n) is 14.3. The Kier molecular flexibility index (Phi) is 6.73. The molecule has 2 aromatic rings. The minimum absolute atomic E-state index is 0.242. The van der Waals surface area contributed by atoms with E-state index in [1.54, 1.807) is 30.5 Å². The lowest BCUT2D eigenvalue weighted by atomic mass is 10.1. The van der Waals surface area contributed by atoms with Crippen molar-refractivity contribution in [1.82, 2.24) is 10.3 Å². The lowest BCUT2D eigenvalue weighted by Crippen LogP contribution is -2.27. The molecular weight excluding hydrogens is 305 g/mol. The molecule has 4 nitrogen and oxygen atoms in total. The average molecular weight is 329 g/mol. The summed E-state index contributed by atoms with van der Waals surface area (Å²) in [6.45, 7) is 3.49. The van der Waals surface area contributed by atoms with Crippen LogP contribution in [0.4, 0.5) is 10.1 Å². The summed E-state index contributed by atoms with van der Waals surface area (Å²) in [5.41, 5.74) is 1.96. The van der Waals surface area contributed by atoms with Crippen LogP contribution in [-0.2, 0) is 6.42 Å². The second-order valence-corrected chi connectivity index (χ2v) is 5.77. The molecule has 2 rings (SSSR count). The SMILES string of the molecule is CCCCN(C)c1ccc(C(=O)NCCc2ccccc2F)nc1. The molecule has 1 aromatic carbocycles. The fourth-order valence-corrected chi connectivity index (χ4v) is 2.37. The number of hydrogen-bond donors (Lipinski definition) is 1. The van der Waals surface area contributed by atoms with Crippen LogP contribution in [0.5, 0.6) is 0 Å². The molecule has 1 amide bonds. The van der Waals surface area contributed by atoms with Gasteiger partial charge in [-0.3, -0.25) is 4.79 Å². The molecular formula is C19H24FN3O. The number of benzene rings is 1. The Labute approximate surface area is 142 Å². The predicted octanol–water partition coefficient (Wildman–Crippen LogP) is 3.43. The van der Waals surface area contributed by atoms with Gasteiger partial charge in [0, 0.05) is 20.1 Å². The minimum Gasteiger partial charge on any atom is -0.373 e. The van der Waals surface area contributed by atoms with E-state index in [4.69, 9.17) is 0 Å². The van der Waals surface area contributed by atoms with Crippen molar-refractivity contribution in [3.63, 3.8) is 0 Å². The van der Waals surface area contributed by atoms with Gasteiger partial charge in [-0.15, -0.1) is 0 Å². The third kappa shape index (κ3) is 5.05. The molecule has 0 saturated carbocycles. The molecule has 24 heavy (non-hydrogen) atoms. The topological polar surface area (TPSA) is 45.2 Å². The van der Waals surface area contributed by atoms with Gasteiger partial charge in [0.05, 0.1) is 11.9 Å². The normalized spacial score (nSPS) is 10.5. The molecule has 0 aliphatic carbocycles. The van der Waals surface area contributed by atoms with Gasteiger partial charge in [-0.25, -0.2) is 9.37 Å². The minimum atomic E-state index is -0.246. The maximum atomic E-state index is 13.5. The van der Waals surface area contributed by atoms with Crippen molar-refractivity contribution < 1.29 is 9.18 Å². The van der Waals surface area contributed by atoms with Crippen molar-refractivity contribution in [1.29, 1.82) is 0 Å². The number of unbranched alkanes of at least 4 members (excludes halogenated alkanes) is 1. The first kappa shape index (κ1) is 17.9. The Morgan fingerprint density at radius 1 is 1.25 bits per heavy atom. The van der Waals surface area contributed by atoms with Crippen molar-refractivity contribution in [2.45, 2.75) is 26.2 Å². The van der Waals surface area contributed by atoms with E-state index >= 15 is 0 Å². The Bertz CT molecular complexity index is 658. The highest BCUT2D eigenvalue weighted by atomic mass is 19.1. The first-order chi connectivity index (χ1) is 11.6. The van der Waals surface area contributed by atoms with Crippen molar-refractivity contribution in [2.75, 3.05) is 25.0 Å². The molecule has 0 radical (unpaired) electrons. The highest BCUT2D eigenvalue weighted by molar-refractivity contribution is 5.92. The Hall–Kier alpha value is -2.43. The van der Waals surface area contributed by atoms with E-state index in [1.165, 1.54) is 6.07 Å². The number of rotatable bonds is 8. The second-order valence-electron chi connectivity index (χ2n) is 5.77. The fourth-order valence-electron chi connectivity index (χ4n) is 2.37. The summed E-state index contributed by atoms with van der Waals surface area (Å²) in [7, 11) is 2.01. The Morgan fingerprint density at radius 3 is 2.71 bits per heavy atom.